The number of nitrogens with one attached hydrogen (secondary N) is 2. The largest absolute Gasteiger partial charge is 0.385 e. The minimum Gasteiger partial charge on any atom is -0.385 e. The third kappa shape index (κ3) is 3.29. The van der Waals surface area contributed by atoms with E-state index < -0.39 is 0 Å². The van der Waals surface area contributed by atoms with Gasteiger partial charge in [0, 0.05) is 44.9 Å². The normalized spacial score (nSPS) is 13.1. The van der Waals surface area contributed by atoms with E-state index in [1.807, 2.05) is 18.2 Å². The molecule has 5 nitrogen and oxygen atoms in total. The fourth-order valence-corrected chi connectivity index (χ4v) is 2.32. The minimum absolute atomic E-state index is 0.0396. The van der Waals surface area contributed by atoms with Crippen molar-refractivity contribution < 1.29 is 9.59 Å². The summed E-state index contributed by atoms with van der Waals surface area (Å²) < 4.78 is 0. The molecule has 0 aliphatic carbocycles. The predicted molar refractivity (Wildman–Crippen MR) is 78.9 cm³/mol. The fraction of sp³-hybridized carbons (Fsp3) is 0.467. The van der Waals surface area contributed by atoms with Crippen LogP contribution < -0.4 is 10.6 Å². The molecule has 1 aliphatic heterocycles. The smallest absolute Gasteiger partial charge is 0.253 e. The lowest BCUT2D eigenvalue weighted by Crippen LogP contribution is -2.31. The molecule has 5 heteroatoms. The van der Waals surface area contributed by atoms with E-state index in [1.165, 1.54) is 5.56 Å². The highest BCUT2D eigenvalue weighted by molar-refractivity contribution is 5.95. The van der Waals surface area contributed by atoms with Crippen LogP contribution >= 0.6 is 0 Å². The Hall–Kier alpha value is -2.04. The number of hydrogen-bond acceptors (Lipinski definition) is 3. The summed E-state index contributed by atoms with van der Waals surface area (Å²) >= 11 is 0. The van der Waals surface area contributed by atoms with E-state index in [1.54, 1.807) is 19.0 Å². The Morgan fingerprint density at radius 2 is 2.20 bits per heavy atom. The molecule has 1 aromatic rings. The average Bonchev–Trinajstić information content (AvgIpc) is 2.50. The van der Waals surface area contributed by atoms with Crippen molar-refractivity contribution >= 4 is 17.5 Å². The van der Waals surface area contributed by atoms with Crippen molar-refractivity contribution in [2.24, 2.45) is 0 Å². The Morgan fingerprint density at radius 1 is 1.40 bits per heavy atom. The Balaban J connectivity index is 2.03. The van der Waals surface area contributed by atoms with Gasteiger partial charge in [-0.05, 0) is 36.6 Å². The maximum Gasteiger partial charge on any atom is 0.253 e. The molecule has 0 saturated heterocycles. The van der Waals surface area contributed by atoms with Crippen molar-refractivity contribution in [2.75, 3.05) is 32.5 Å². The second-order valence-electron chi connectivity index (χ2n) is 5.05. The van der Waals surface area contributed by atoms with Crippen molar-refractivity contribution in [3.05, 3.63) is 29.3 Å². The summed E-state index contributed by atoms with van der Waals surface area (Å²) in [5.74, 6) is -0.0958. The molecule has 0 fully saturated rings. The molecule has 0 unspecified atom stereocenters. The van der Waals surface area contributed by atoms with Crippen LogP contribution in [0.4, 0.5) is 5.69 Å². The average molecular weight is 275 g/mol. The van der Waals surface area contributed by atoms with Gasteiger partial charge in [-0.1, -0.05) is 0 Å². The quantitative estimate of drug-likeness (QED) is 0.869. The zero-order chi connectivity index (χ0) is 14.5. The molecular weight excluding hydrogens is 254 g/mol. The summed E-state index contributed by atoms with van der Waals surface area (Å²) in [6.07, 6.45) is 2.42. The maximum atomic E-state index is 12.3. The molecule has 1 heterocycles. The standard InChI is InChI=1S/C15H21N3O2/c1-16-14(19)7-9-18(2)15(20)12-5-6-13-11(10-12)4-3-8-17-13/h5-6,10,17H,3-4,7-9H2,1-2H3,(H,16,19). The highest BCUT2D eigenvalue weighted by Crippen LogP contribution is 2.23. The molecule has 2 amide bonds. The first kappa shape index (κ1) is 14.4. The van der Waals surface area contributed by atoms with E-state index in [9.17, 15) is 9.59 Å². The number of carbonyl (C=O) groups excluding carboxylic acids is 2. The van der Waals surface area contributed by atoms with Gasteiger partial charge in [0.2, 0.25) is 5.91 Å². The van der Waals surface area contributed by atoms with Crippen LogP contribution in [-0.4, -0.2) is 43.9 Å². The van der Waals surface area contributed by atoms with Crippen LogP contribution in [0.5, 0.6) is 0 Å². The third-order valence-corrected chi connectivity index (χ3v) is 3.59. The summed E-state index contributed by atoms with van der Waals surface area (Å²) in [6.45, 7) is 1.42. The molecule has 1 aromatic carbocycles. The number of aryl methyl sites for hydroxylation is 1. The number of fused-ring (bicyclic) bond motifs is 1. The van der Waals surface area contributed by atoms with E-state index >= 15 is 0 Å². The van der Waals surface area contributed by atoms with Gasteiger partial charge in [0.05, 0.1) is 0 Å². The summed E-state index contributed by atoms with van der Waals surface area (Å²) in [7, 11) is 3.32. The second kappa shape index (κ2) is 6.41. The number of rotatable bonds is 4. The summed E-state index contributed by atoms with van der Waals surface area (Å²) in [5.41, 5.74) is 3.01. The summed E-state index contributed by atoms with van der Waals surface area (Å²) in [5, 5.41) is 5.88. The maximum absolute atomic E-state index is 12.3. The molecule has 0 spiro atoms. The monoisotopic (exact) mass is 275 g/mol. The van der Waals surface area contributed by atoms with Gasteiger partial charge < -0.3 is 15.5 Å². The Labute approximate surface area is 119 Å². The van der Waals surface area contributed by atoms with Crippen LogP contribution in [0.1, 0.15) is 28.8 Å². The van der Waals surface area contributed by atoms with Crippen LogP contribution in [0, 0.1) is 0 Å². The zero-order valence-corrected chi connectivity index (χ0v) is 12.0. The fourth-order valence-electron chi connectivity index (χ4n) is 2.32. The van der Waals surface area contributed by atoms with Crippen molar-refractivity contribution in [1.29, 1.82) is 0 Å². The molecule has 0 bridgehead atoms. The number of anilines is 1. The van der Waals surface area contributed by atoms with Gasteiger partial charge in [-0.15, -0.1) is 0 Å². The van der Waals surface area contributed by atoms with Crippen LogP contribution in [0.3, 0.4) is 0 Å². The van der Waals surface area contributed by atoms with Crippen molar-refractivity contribution in [3.8, 4) is 0 Å². The SMILES string of the molecule is CNC(=O)CCN(C)C(=O)c1ccc2c(c1)CCCN2. The van der Waals surface area contributed by atoms with E-state index in [4.69, 9.17) is 0 Å². The Kier molecular flexibility index (Phi) is 4.61. The number of nitrogens with zero attached hydrogens (tertiary/aromatic N) is 1. The van der Waals surface area contributed by atoms with Gasteiger partial charge in [-0.3, -0.25) is 9.59 Å². The first-order valence-corrected chi connectivity index (χ1v) is 6.94. The number of amides is 2. The van der Waals surface area contributed by atoms with Gasteiger partial charge in [0.1, 0.15) is 0 Å². The van der Waals surface area contributed by atoms with Crippen LogP contribution in [0.25, 0.3) is 0 Å². The zero-order valence-electron chi connectivity index (χ0n) is 12.0. The second-order valence-corrected chi connectivity index (χ2v) is 5.05. The van der Waals surface area contributed by atoms with E-state index in [0.717, 1.165) is 25.1 Å². The third-order valence-electron chi connectivity index (χ3n) is 3.59. The first-order valence-electron chi connectivity index (χ1n) is 6.94. The summed E-state index contributed by atoms with van der Waals surface area (Å²) in [6, 6.07) is 5.77. The lowest BCUT2D eigenvalue weighted by atomic mass is 10.0. The van der Waals surface area contributed by atoms with E-state index in [-0.39, 0.29) is 11.8 Å². The lowest BCUT2D eigenvalue weighted by molar-refractivity contribution is -0.120. The Bertz CT molecular complexity index is 514. The molecule has 2 rings (SSSR count). The summed E-state index contributed by atoms with van der Waals surface area (Å²) in [4.78, 5) is 25.1. The van der Waals surface area contributed by atoms with Crippen LogP contribution in [0.2, 0.25) is 0 Å². The molecule has 2 N–H and O–H groups in total. The van der Waals surface area contributed by atoms with Gasteiger partial charge in [0.15, 0.2) is 0 Å². The molecule has 0 atom stereocenters. The predicted octanol–water partition coefficient (Wildman–Crippen LogP) is 1.25. The van der Waals surface area contributed by atoms with Gasteiger partial charge in [-0.25, -0.2) is 0 Å². The van der Waals surface area contributed by atoms with E-state index in [0.29, 0.717) is 18.5 Å². The topological polar surface area (TPSA) is 61.4 Å². The molecule has 20 heavy (non-hydrogen) atoms. The number of benzene rings is 1. The minimum atomic E-state index is -0.0562. The van der Waals surface area contributed by atoms with Gasteiger partial charge in [0.25, 0.3) is 5.91 Å². The number of hydrogen-bond donors (Lipinski definition) is 2. The Morgan fingerprint density at radius 3 is 2.95 bits per heavy atom. The van der Waals surface area contributed by atoms with Crippen LogP contribution in [-0.2, 0) is 11.2 Å². The molecule has 108 valence electrons. The van der Waals surface area contributed by atoms with Gasteiger partial charge >= 0.3 is 0 Å². The molecule has 0 radical (unpaired) electrons. The van der Waals surface area contributed by atoms with Gasteiger partial charge in [-0.2, -0.15) is 0 Å². The van der Waals surface area contributed by atoms with Crippen molar-refractivity contribution in [1.82, 2.24) is 10.2 Å². The molecule has 0 aromatic heterocycles. The molecule has 0 saturated carbocycles. The lowest BCUT2D eigenvalue weighted by Gasteiger charge is -2.21. The van der Waals surface area contributed by atoms with Crippen LogP contribution in [0.15, 0.2) is 18.2 Å². The first-order chi connectivity index (χ1) is 9.61. The molecular formula is C15H21N3O2. The molecule has 1 aliphatic rings. The highest BCUT2D eigenvalue weighted by atomic mass is 16.2. The van der Waals surface area contributed by atoms with Crippen molar-refractivity contribution in [2.45, 2.75) is 19.3 Å². The highest BCUT2D eigenvalue weighted by Gasteiger charge is 2.16. The van der Waals surface area contributed by atoms with E-state index in [2.05, 4.69) is 10.6 Å². The van der Waals surface area contributed by atoms with Crippen molar-refractivity contribution in [3.63, 3.8) is 0 Å². The number of carbonyl (C=O) groups is 2.